The molecule has 1 aromatic carbocycles. The highest BCUT2D eigenvalue weighted by Gasteiger charge is 2.34. The molecule has 2 amide bonds. The molecule has 0 radical (unpaired) electrons. The zero-order valence-electron chi connectivity index (χ0n) is 14.8. The summed E-state index contributed by atoms with van der Waals surface area (Å²) in [6, 6.07) is 4.01. The first-order chi connectivity index (χ1) is 13.0. The minimum atomic E-state index is -0.465. The van der Waals surface area contributed by atoms with E-state index >= 15 is 0 Å². The van der Waals surface area contributed by atoms with Crippen molar-refractivity contribution >= 4 is 23.8 Å². The van der Waals surface area contributed by atoms with Gasteiger partial charge >= 0.3 is 12.2 Å². The molecule has 9 heteroatoms. The molecule has 27 heavy (non-hydrogen) atoms. The van der Waals surface area contributed by atoms with Gasteiger partial charge in [0, 0.05) is 19.6 Å². The fraction of sp³-hybridized carbons (Fsp3) is 0.556. The number of halogens is 2. The average molecular weight is 401 g/mol. The van der Waals surface area contributed by atoms with Crippen LogP contribution in [0.15, 0.2) is 18.2 Å². The van der Waals surface area contributed by atoms with E-state index in [2.05, 4.69) is 5.32 Å². The van der Waals surface area contributed by atoms with Crippen LogP contribution < -0.4 is 10.1 Å². The van der Waals surface area contributed by atoms with Gasteiger partial charge in [0.15, 0.2) is 0 Å². The Hall–Kier alpha value is -2.22. The number of ether oxygens (including phenoxy) is 3. The Morgan fingerprint density at radius 3 is 2.96 bits per heavy atom. The number of hydrogen-bond donors (Lipinski definition) is 1. The van der Waals surface area contributed by atoms with E-state index in [0.717, 1.165) is 0 Å². The molecular weight excluding hydrogens is 379 g/mol. The van der Waals surface area contributed by atoms with Gasteiger partial charge in [0.05, 0.1) is 18.2 Å². The third-order valence-electron chi connectivity index (χ3n) is 4.54. The molecule has 2 fully saturated rings. The molecule has 3 rings (SSSR count). The number of carbonyl (C=O) groups is 2. The minimum absolute atomic E-state index is 0.145. The molecule has 1 aliphatic carbocycles. The maximum absolute atomic E-state index is 13.0. The smallest absolute Gasteiger partial charge is 0.410 e. The molecule has 0 bridgehead atoms. The maximum Gasteiger partial charge on any atom is 0.410 e. The Balaban J connectivity index is 1.37. The molecule has 0 aromatic heterocycles. The summed E-state index contributed by atoms with van der Waals surface area (Å²) in [5.74, 6) is 0.292. The van der Waals surface area contributed by atoms with Crippen molar-refractivity contribution in [3.63, 3.8) is 0 Å². The third-order valence-corrected chi connectivity index (χ3v) is 4.84. The fourth-order valence-electron chi connectivity index (χ4n) is 2.98. The van der Waals surface area contributed by atoms with E-state index in [1.807, 2.05) is 0 Å². The Morgan fingerprint density at radius 2 is 2.19 bits per heavy atom. The van der Waals surface area contributed by atoms with Gasteiger partial charge < -0.3 is 24.4 Å². The summed E-state index contributed by atoms with van der Waals surface area (Å²) < 4.78 is 29.1. The Morgan fingerprint density at radius 1 is 1.37 bits per heavy atom. The normalized spacial score (nSPS) is 23.0. The van der Waals surface area contributed by atoms with Crippen molar-refractivity contribution in [3.8, 4) is 5.75 Å². The van der Waals surface area contributed by atoms with E-state index in [-0.39, 0.29) is 29.7 Å². The lowest BCUT2D eigenvalue weighted by Gasteiger charge is -2.35. The standard InChI is InChI=1S/C18H22ClFN2O5/c19-15-10-13(20)2-3-16(15)26-11-12-8-14(9-12)27-18(24)22-5-1-7-25-17(23)21-4-6-22/h2-3,10,12,14H,1,4-9,11H2,(H,21,23)/t12-,14+. The highest BCUT2D eigenvalue weighted by Crippen LogP contribution is 2.32. The molecule has 1 aliphatic heterocycles. The summed E-state index contributed by atoms with van der Waals surface area (Å²) >= 11 is 5.93. The molecule has 1 aromatic rings. The second-order valence-corrected chi connectivity index (χ2v) is 7.04. The van der Waals surface area contributed by atoms with E-state index in [9.17, 15) is 14.0 Å². The van der Waals surface area contributed by atoms with Crippen LogP contribution in [0.1, 0.15) is 19.3 Å². The number of nitrogens with zero attached hydrogens (tertiary/aromatic N) is 1. The summed E-state index contributed by atoms with van der Waals surface area (Å²) in [5.41, 5.74) is 0. The highest BCUT2D eigenvalue weighted by molar-refractivity contribution is 6.32. The number of amides is 2. The first-order valence-electron chi connectivity index (χ1n) is 8.95. The van der Waals surface area contributed by atoms with Gasteiger partial charge in [-0.25, -0.2) is 14.0 Å². The number of cyclic esters (lactones) is 1. The van der Waals surface area contributed by atoms with Crippen LogP contribution in [0.4, 0.5) is 14.0 Å². The van der Waals surface area contributed by atoms with Crippen molar-refractivity contribution in [1.82, 2.24) is 10.2 Å². The van der Waals surface area contributed by atoms with Gasteiger partial charge in [-0.1, -0.05) is 11.6 Å². The summed E-state index contributed by atoms with van der Waals surface area (Å²) in [4.78, 5) is 25.1. The molecule has 0 atom stereocenters. The minimum Gasteiger partial charge on any atom is -0.492 e. The predicted octanol–water partition coefficient (Wildman–Crippen LogP) is 3.21. The van der Waals surface area contributed by atoms with Crippen molar-refractivity contribution in [2.45, 2.75) is 25.4 Å². The van der Waals surface area contributed by atoms with E-state index in [1.54, 1.807) is 4.90 Å². The molecular formula is C18H22ClFN2O5. The molecule has 1 N–H and O–H groups in total. The zero-order chi connectivity index (χ0) is 19.2. The van der Waals surface area contributed by atoms with Crippen LogP contribution in [-0.4, -0.2) is 56.0 Å². The fourth-order valence-corrected chi connectivity index (χ4v) is 3.20. The SMILES string of the molecule is O=C1NCCN(C(=O)O[C@H]2C[C@@H](COc3ccc(F)cc3Cl)C2)CCCO1. The van der Waals surface area contributed by atoms with Crippen LogP contribution in [-0.2, 0) is 9.47 Å². The summed E-state index contributed by atoms with van der Waals surface area (Å²) in [7, 11) is 0. The van der Waals surface area contributed by atoms with Crippen LogP contribution in [0.2, 0.25) is 5.02 Å². The van der Waals surface area contributed by atoms with Crippen LogP contribution in [0.3, 0.4) is 0 Å². The van der Waals surface area contributed by atoms with Crippen molar-refractivity contribution in [1.29, 1.82) is 0 Å². The zero-order valence-corrected chi connectivity index (χ0v) is 15.5. The van der Waals surface area contributed by atoms with Crippen molar-refractivity contribution < 1.29 is 28.2 Å². The van der Waals surface area contributed by atoms with Crippen molar-refractivity contribution in [3.05, 3.63) is 29.0 Å². The average Bonchev–Trinajstić information content (AvgIpc) is 2.70. The maximum atomic E-state index is 13.0. The van der Waals surface area contributed by atoms with Gasteiger partial charge in [-0.15, -0.1) is 0 Å². The highest BCUT2D eigenvalue weighted by atomic mass is 35.5. The lowest BCUT2D eigenvalue weighted by atomic mass is 9.83. The number of hydrogen-bond acceptors (Lipinski definition) is 5. The second-order valence-electron chi connectivity index (χ2n) is 6.63. The van der Waals surface area contributed by atoms with Gasteiger partial charge in [-0.05, 0) is 43.4 Å². The topological polar surface area (TPSA) is 77.1 Å². The van der Waals surface area contributed by atoms with Crippen LogP contribution >= 0.6 is 11.6 Å². The molecule has 2 aliphatic rings. The summed E-state index contributed by atoms with van der Waals surface area (Å²) in [6.45, 7) is 1.90. The lowest BCUT2D eigenvalue weighted by molar-refractivity contribution is -0.0138. The first kappa shape index (κ1) is 19.5. The Bertz CT molecular complexity index is 684. The number of nitrogens with one attached hydrogen (secondary N) is 1. The van der Waals surface area contributed by atoms with E-state index < -0.39 is 11.9 Å². The molecule has 0 unspecified atom stereocenters. The number of alkyl carbamates (subject to hydrolysis) is 1. The van der Waals surface area contributed by atoms with E-state index in [4.69, 9.17) is 25.8 Å². The van der Waals surface area contributed by atoms with Crippen molar-refractivity contribution in [2.24, 2.45) is 5.92 Å². The predicted molar refractivity (Wildman–Crippen MR) is 95.4 cm³/mol. The van der Waals surface area contributed by atoms with Crippen LogP contribution in [0.25, 0.3) is 0 Å². The molecule has 1 saturated carbocycles. The quantitative estimate of drug-likeness (QED) is 0.839. The third kappa shape index (κ3) is 5.63. The van der Waals surface area contributed by atoms with Crippen LogP contribution in [0.5, 0.6) is 5.75 Å². The summed E-state index contributed by atoms with van der Waals surface area (Å²) in [6.07, 6.45) is 0.997. The monoisotopic (exact) mass is 400 g/mol. The van der Waals surface area contributed by atoms with Gasteiger partial charge in [0.25, 0.3) is 0 Å². The van der Waals surface area contributed by atoms with Crippen LogP contribution in [0, 0.1) is 11.7 Å². The lowest BCUT2D eigenvalue weighted by Crippen LogP contribution is -2.43. The van der Waals surface area contributed by atoms with Gasteiger partial charge in [-0.3, -0.25) is 0 Å². The van der Waals surface area contributed by atoms with Gasteiger partial charge in [-0.2, -0.15) is 0 Å². The largest absolute Gasteiger partial charge is 0.492 e. The Labute approximate surface area is 161 Å². The molecule has 148 valence electrons. The van der Waals surface area contributed by atoms with Gasteiger partial charge in [0.2, 0.25) is 0 Å². The number of benzene rings is 1. The first-order valence-corrected chi connectivity index (χ1v) is 9.33. The van der Waals surface area contributed by atoms with E-state index in [0.29, 0.717) is 51.3 Å². The molecule has 1 heterocycles. The Kier molecular flexibility index (Phi) is 6.60. The van der Waals surface area contributed by atoms with Crippen molar-refractivity contribution in [2.75, 3.05) is 32.8 Å². The van der Waals surface area contributed by atoms with Gasteiger partial charge in [0.1, 0.15) is 17.7 Å². The number of carbonyl (C=O) groups excluding carboxylic acids is 2. The summed E-state index contributed by atoms with van der Waals surface area (Å²) in [5, 5.41) is 2.81. The second kappa shape index (κ2) is 9.12. The molecule has 1 saturated heterocycles. The molecule has 7 nitrogen and oxygen atoms in total. The number of rotatable bonds is 4. The molecule has 0 spiro atoms. The van der Waals surface area contributed by atoms with E-state index in [1.165, 1.54) is 18.2 Å².